The van der Waals surface area contributed by atoms with Crippen molar-refractivity contribution in [2.75, 3.05) is 13.2 Å². The van der Waals surface area contributed by atoms with E-state index in [2.05, 4.69) is 34.6 Å². The van der Waals surface area contributed by atoms with Crippen molar-refractivity contribution in [1.82, 2.24) is 10.3 Å². The number of aromatic nitrogens is 1. The van der Waals surface area contributed by atoms with Gasteiger partial charge in [0.2, 0.25) is 0 Å². The molecule has 2 aromatic rings. The van der Waals surface area contributed by atoms with Crippen molar-refractivity contribution in [2.24, 2.45) is 0 Å². The Morgan fingerprint density at radius 3 is 3.00 bits per heavy atom. The molecule has 0 saturated heterocycles. The number of hydrogen-bond donors (Lipinski definition) is 2. The van der Waals surface area contributed by atoms with E-state index in [1.807, 2.05) is 12.4 Å². The van der Waals surface area contributed by atoms with E-state index in [1.165, 1.54) is 16.3 Å². The molecule has 0 aliphatic rings. The highest BCUT2D eigenvalue weighted by Gasteiger charge is 1.99. The molecule has 0 spiro atoms. The minimum absolute atomic E-state index is 0.279. The summed E-state index contributed by atoms with van der Waals surface area (Å²) in [4.78, 5) is 4.13. The summed E-state index contributed by atoms with van der Waals surface area (Å²) in [6, 6.07) is 8.34. The summed E-state index contributed by atoms with van der Waals surface area (Å²) < 4.78 is 0. The summed E-state index contributed by atoms with van der Waals surface area (Å²) in [5.41, 5.74) is 1.30. The van der Waals surface area contributed by atoms with Gasteiger partial charge in [0.1, 0.15) is 0 Å². The number of pyridine rings is 1. The van der Waals surface area contributed by atoms with Crippen LogP contribution in [0.2, 0.25) is 0 Å². The Labute approximate surface area is 102 Å². The number of nitrogens with one attached hydrogen (secondary N) is 1. The molecule has 3 nitrogen and oxygen atoms in total. The largest absolute Gasteiger partial charge is 0.396 e. The number of unbranched alkanes of at least 4 members (excludes halogenated alkanes) is 1. The smallest absolute Gasteiger partial charge is 0.0431 e. The van der Waals surface area contributed by atoms with Crippen LogP contribution in [0.3, 0.4) is 0 Å². The Balaban J connectivity index is 1.98. The fraction of sp³-hybridized carbons (Fsp3) is 0.357. The second-order valence-electron chi connectivity index (χ2n) is 4.12. The lowest BCUT2D eigenvalue weighted by molar-refractivity contribution is 0.283. The number of rotatable bonds is 6. The molecule has 1 heterocycles. The van der Waals surface area contributed by atoms with Crippen LogP contribution in [0.1, 0.15) is 18.4 Å². The summed E-state index contributed by atoms with van der Waals surface area (Å²) >= 11 is 0. The van der Waals surface area contributed by atoms with E-state index in [1.54, 1.807) is 0 Å². The van der Waals surface area contributed by atoms with Crippen LogP contribution in [0.25, 0.3) is 10.8 Å². The van der Waals surface area contributed by atoms with Crippen molar-refractivity contribution in [1.29, 1.82) is 0 Å². The summed E-state index contributed by atoms with van der Waals surface area (Å²) in [5.74, 6) is 0. The first-order valence-corrected chi connectivity index (χ1v) is 6.05. The normalized spacial score (nSPS) is 10.9. The maximum absolute atomic E-state index is 8.69. The molecule has 17 heavy (non-hydrogen) atoms. The van der Waals surface area contributed by atoms with Crippen LogP contribution in [0.15, 0.2) is 36.7 Å². The number of hydrogen-bond acceptors (Lipinski definition) is 3. The molecule has 0 amide bonds. The van der Waals surface area contributed by atoms with Gasteiger partial charge in [0.25, 0.3) is 0 Å². The van der Waals surface area contributed by atoms with Crippen molar-refractivity contribution >= 4 is 10.8 Å². The Hall–Kier alpha value is -1.45. The van der Waals surface area contributed by atoms with Crippen LogP contribution in [0.5, 0.6) is 0 Å². The topological polar surface area (TPSA) is 45.1 Å². The SMILES string of the molecule is OCCCCNCc1cccc2cnccc12. The molecule has 0 bridgehead atoms. The lowest BCUT2D eigenvalue weighted by Gasteiger charge is -2.07. The molecule has 0 aliphatic carbocycles. The second kappa shape index (κ2) is 6.33. The third-order valence-corrected chi connectivity index (χ3v) is 2.85. The molecule has 0 aliphatic heterocycles. The molecular weight excluding hydrogens is 212 g/mol. The lowest BCUT2D eigenvalue weighted by atomic mass is 10.1. The van der Waals surface area contributed by atoms with E-state index in [-0.39, 0.29) is 6.61 Å². The van der Waals surface area contributed by atoms with Gasteiger partial charge in [-0.15, -0.1) is 0 Å². The van der Waals surface area contributed by atoms with Gasteiger partial charge in [0.05, 0.1) is 0 Å². The van der Waals surface area contributed by atoms with Crippen LogP contribution in [-0.2, 0) is 6.54 Å². The minimum atomic E-state index is 0.279. The zero-order valence-electron chi connectivity index (χ0n) is 9.89. The molecule has 2 rings (SSSR count). The average molecular weight is 230 g/mol. The fourth-order valence-corrected chi connectivity index (χ4v) is 1.93. The predicted octanol–water partition coefficient (Wildman–Crippen LogP) is 2.10. The first-order chi connectivity index (χ1) is 8.42. The first-order valence-electron chi connectivity index (χ1n) is 6.05. The monoisotopic (exact) mass is 230 g/mol. The van der Waals surface area contributed by atoms with Gasteiger partial charge in [-0.05, 0) is 36.4 Å². The third-order valence-electron chi connectivity index (χ3n) is 2.85. The molecule has 0 saturated carbocycles. The highest BCUT2D eigenvalue weighted by Crippen LogP contribution is 2.16. The number of benzene rings is 1. The van der Waals surface area contributed by atoms with Crippen LogP contribution in [0.4, 0.5) is 0 Å². The maximum atomic E-state index is 8.69. The van der Waals surface area contributed by atoms with E-state index in [9.17, 15) is 0 Å². The molecule has 0 fully saturated rings. The van der Waals surface area contributed by atoms with E-state index < -0.39 is 0 Å². The summed E-state index contributed by atoms with van der Waals surface area (Å²) in [6.07, 6.45) is 5.61. The summed E-state index contributed by atoms with van der Waals surface area (Å²) in [7, 11) is 0. The van der Waals surface area contributed by atoms with E-state index in [4.69, 9.17) is 5.11 Å². The standard InChI is InChI=1S/C14H18N2O/c17-9-2-1-7-15-10-12-4-3-5-13-11-16-8-6-14(12)13/h3-6,8,11,15,17H,1-2,7,9-10H2. The molecular formula is C14H18N2O. The number of aliphatic hydroxyl groups is 1. The zero-order chi connectivity index (χ0) is 11.9. The quantitative estimate of drug-likeness (QED) is 0.747. The average Bonchev–Trinajstić information content (AvgIpc) is 2.39. The van der Waals surface area contributed by atoms with Crippen LogP contribution < -0.4 is 5.32 Å². The molecule has 1 aromatic heterocycles. The molecule has 3 heteroatoms. The van der Waals surface area contributed by atoms with Gasteiger partial charge in [-0.25, -0.2) is 0 Å². The van der Waals surface area contributed by atoms with Gasteiger partial charge in [0.15, 0.2) is 0 Å². The van der Waals surface area contributed by atoms with E-state index in [0.29, 0.717) is 0 Å². The van der Waals surface area contributed by atoms with Crippen molar-refractivity contribution in [3.8, 4) is 0 Å². The van der Waals surface area contributed by atoms with Crippen molar-refractivity contribution in [2.45, 2.75) is 19.4 Å². The summed E-state index contributed by atoms with van der Waals surface area (Å²) in [6.45, 7) is 2.09. The minimum Gasteiger partial charge on any atom is -0.396 e. The van der Waals surface area contributed by atoms with Gasteiger partial charge in [-0.3, -0.25) is 4.98 Å². The van der Waals surface area contributed by atoms with Crippen molar-refractivity contribution in [3.63, 3.8) is 0 Å². The van der Waals surface area contributed by atoms with Gasteiger partial charge in [-0.1, -0.05) is 18.2 Å². The first kappa shape index (κ1) is 12.0. The Bertz CT molecular complexity index is 465. The number of fused-ring (bicyclic) bond motifs is 1. The number of aliphatic hydroxyl groups excluding tert-OH is 1. The lowest BCUT2D eigenvalue weighted by Crippen LogP contribution is -2.15. The molecule has 1 aromatic carbocycles. The Morgan fingerprint density at radius 2 is 2.12 bits per heavy atom. The highest BCUT2D eigenvalue weighted by molar-refractivity contribution is 5.84. The Kier molecular flexibility index (Phi) is 4.47. The maximum Gasteiger partial charge on any atom is 0.0431 e. The molecule has 0 atom stereocenters. The van der Waals surface area contributed by atoms with Gasteiger partial charge in [0, 0.05) is 30.9 Å². The molecule has 2 N–H and O–H groups in total. The zero-order valence-corrected chi connectivity index (χ0v) is 9.89. The van der Waals surface area contributed by atoms with Crippen LogP contribution in [0, 0.1) is 0 Å². The molecule has 90 valence electrons. The van der Waals surface area contributed by atoms with Gasteiger partial charge >= 0.3 is 0 Å². The van der Waals surface area contributed by atoms with E-state index >= 15 is 0 Å². The summed E-state index contributed by atoms with van der Waals surface area (Å²) in [5, 5.41) is 14.5. The van der Waals surface area contributed by atoms with Crippen LogP contribution >= 0.6 is 0 Å². The second-order valence-corrected chi connectivity index (χ2v) is 4.12. The van der Waals surface area contributed by atoms with Crippen molar-refractivity contribution < 1.29 is 5.11 Å². The number of nitrogens with zero attached hydrogens (tertiary/aromatic N) is 1. The van der Waals surface area contributed by atoms with E-state index in [0.717, 1.165) is 25.9 Å². The van der Waals surface area contributed by atoms with Gasteiger partial charge in [-0.2, -0.15) is 0 Å². The predicted molar refractivity (Wildman–Crippen MR) is 69.8 cm³/mol. The van der Waals surface area contributed by atoms with Crippen molar-refractivity contribution in [3.05, 3.63) is 42.2 Å². The Morgan fingerprint density at radius 1 is 1.18 bits per heavy atom. The van der Waals surface area contributed by atoms with Crippen LogP contribution in [-0.4, -0.2) is 23.2 Å². The third kappa shape index (κ3) is 3.25. The molecule has 0 unspecified atom stereocenters. The fourth-order valence-electron chi connectivity index (χ4n) is 1.93. The molecule has 0 radical (unpaired) electrons. The highest BCUT2D eigenvalue weighted by atomic mass is 16.2. The van der Waals surface area contributed by atoms with Gasteiger partial charge < -0.3 is 10.4 Å².